The van der Waals surface area contributed by atoms with Crippen molar-refractivity contribution in [2.24, 2.45) is 0 Å². The van der Waals surface area contributed by atoms with Crippen molar-refractivity contribution in [3.05, 3.63) is 66.0 Å². The van der Waals surface area contributed by atoms with Crippen LogP contribution in [0.4, 0.5) is 11.5 Å². The second kappa shape index (κ2) is 14.3. The van der Waals surface area contributed by atoms with E-state index in [0.29, 0.717) is 55.7 Å². The Morgan fingerprint density at radius 1 is 1.03 bits per heavy atom. The Kier molecular flexibility index (Phi) is 10.5. The fraction of sp³-hybridized carbons (Fsp3) is 0.269. The van der Waals surface area contributed by atoms with E-state index in [9.17, 15) is 14.4 Å². The SMILES string of the molecule is CN(C=O)CCOCCOCCOc1ccccc1NC(=O)c1nc(-c2ccc(C(=O)O)cc2)cnc1N. The number of para-hydroxylation sites is 2. The van der Waals surface area contributed by atoms with E-state index < -0.39 is 11.9 Å². The molecule has 0 bridgehead atoms. The van der Waals surface area contributed by atoms with Gasteiger partial charge in [-0.25, -0.2) is 14.8 Å². The third kappa shape index (κ3) is 8.25. The Morgan fingerprint density at radius 3 is 2.42 bits per heavy atom. The average Bonchev–Trinajstić information content (AvgIpc) is 2.93. The number of carbonyl (C=O) groups is 3. The molecule has 38 heavy (non-hydrogen) atoms. The summed E-state index contributed by atoms with van der Waals surface area (Å²) in [4.78, 5) is 44.5. The fourth-order valence-corrected chi connectivity index (χ4v) is 3.16. The van der Waals surface area contributed by atoms with Crippen LogP contribution in [0.15, 0.2) is 54.7 Å². The Labute approximate surface area is 219 Å². The Balaban J connectivity index is 1.54. The summed E-state index contributed by atoms with van der Waals surface area (Å²) in [6.45, 7) is 2.25. The number of ether oxygens (including phenoxy) is 3. The third-order valence-corrected chi connectivity index (χ3v) is 5.20. The van der Waals surface area contributed by atoms with Crippen LogP contribution in [0.3, 0.4) is 0 Å². The van der Waals surface area contributed by atoms with Crippen molar-refractivity contribution < 1.29 is 33.7 Å². The zero-order chi connectivity index (χ0) is 27.3. The van der Waals surface area contributed by atoms with Crippen molar-refractivity contribution in [1.29, 1.82) is 0 Å². The lowest BCUT2D eigenvalue weighted by Crippen LogP contribution is -2.22. The Bertz CT molecular complexity index is 1240. The predicted molar refractivity (Wildman–Crippen MR) is 139 cm³/mol. The average molecular weight is 524 g/mol. The smallest absolute Gasteiger partial charge is 0.335 e. The molecule has 0 aliphatic heterocycles. The van der Waals surface area contributed by atoms with Gasteiger partial charge in [-0.15, -0.1) is 0 Å². The zero-order valence-electron chi connectivity index (χ0n) is 20.8. The second-order valence-electron chi connectivity index (χ2n) is 7.98. The highest BCUT2D eigenvalue weighted by molar-refractivity contribution is 6.06. The molecule has 1 aromatic heterocycles. The van der Waals surface area contributed by atoms with Crippen molar-refractivity contribution >= 4 is 29.8 Å². The second-order valence-corrected chi connectivity index (χ2v) is 7.98. The number of hydrogen-bond donors (Lipinski definition) is 3. The van der Waals surface area contributed by atoms with Gasteiger partial charge in [0.2, 0.25) is 6.41 Å². The molecule has 0 unspecified atom stereocenters. The number of anilines is 2. The molecule has 1 heterocycles. The number of likely N-dealkylation sites (N-methyl/N-ethyl adjacent to an activating group) is 1. The summed E-state index contributed by atoms with van der Waals surface area (Å²) in [7, 11) is 1.67. The van der Waals surface area contributed by atoms with E-state index in [1.165, 1.54) is 23.2 Å². The van der Waals surface area contributed by atoms with Gasteiger partial charge in [0.05, 0.1) is 49.6 Å². The van der Waals surface area contributed by atoms with Crippen LogP contribution in [0.2, 0.25) is 0 Å². The number of benzene rings is 2. The Morgan fingerprint density at radius 2 is 1.71 bits per heavy atom. The summed E-state index contributed by atoms with van der Waals surface area (Å²) in [5.74, 6) is -1.24. The lowest BCUT2D eigenvalue weighted by molar-refractivity contribution is -0.117. The van der Waals surface area contributed by atoms with Gasteiger partial charge in [0, 0.05) is 19.2 Å². The summed E-state index contributed by atoms with van der Waals surface area (Å²) in [6, 6.07) is 12.9. The van der Waals surface area contributed by atoms with E-state index in [4.69, 9.17) is 25.1 Å². The number of nitrogens with one attached hydrogen (secondary N) is 1. The molecule has 4 N–H and O–H groups in total. The topological polar surface area (TPSA) is 166 Å². The van der Waals surface area contributed by atoms with Crippen LogP contribution in [0, 0.1) is 0 Å². The van der Waals surface area contributed by atoms with Gasteiger partial charge in [-0.3, -0.25) is 9.59 Å². The van der Waals surface area contributed by atoms with Crippen LogP contribution in [0.25, 0.3) is 11.3 Å². The van der Waals surface area contributed by atoms with Gasteiger partial charge in [0.15, 0.2) is 11.5 Å². The molecule has 2 amide bonds. The number of rotatable bonds is 15. The summed E-state index contributed by atoms with van der Waals surface area (Å²) >= 11 is 0. The van der Waals surface area contributed by atoms with Gasteiger partial charge in [0.25, 0.3) is 5.91 Å². The van der Waals surface area contributed by atoms with Crippen molar-refractivity contribution in [3.63, 3.8) is 0 Å². The molecule has 3 aromatic rings. The standard InChI is InChI=1S/C26H29N5O7/c1-31(17-32)10-11-36-12-13-37-14-15-38-22-5-3-2-4-20(22)30-25(33)23-24(27)28-16-21(29-23)18-6-8-19(9-7-18)26(34)35/h2-9,16-17H,10-15H2,1H3,(H2,27,28)(H,30,33)(H,34,35). The number of aromatic nitrogens is 2. The summed E-state index contributed by atoms with van der Waals surface area (Å²) in [5.41, 5.74) is 7.32. The number of nitrogens with two attached hydrogens (primary N) is 1. The molecule has 12 nitrogen and oxygen atoms in total. The molecule has 0 radical (unpaired) electrons. The number of carboxylic acids is 1. The minimum absolute atomic E-state index is 0.0553. The van der Waals surface area contributed by atoms with Crippen LogP contribution in [-0.4, -0.2) is 84.9 Å². The maximum absolute atomic E-state index is 13.0. The fourth-order valence-electron chi connectivity index (χ4n) is 3.16. The first-order chi connectivity index (χ1) is 18.4. The summed E-state index contributed by atoms with van der Waals surface area (Å²) in [6.07, 6.45) is 2.15. The molecule has 12 heteroatoms. The van der Waals surface area contributed by atoms with Gasteiger partial charge >= 0.3 is 5.97 Å². The summed E-state index contributed by atoms with van der Waals surface area (Å²) < 4.78 is 16.6. The van der Waals surface area contributed by atoms with Crippen molar-refractivity contribution in [2.45, 2.75) is 0 Å². The van der Waals surface area contributed by atoms with Crippen LogP contribution in [-0.2, 0) is 14.3 Å². The van der Waals surface area contributed by atoms with E-state index >= 15 is 0 Å². The molecule has 0 saturated carbocycles. The molecule has 0 saturated heterocycles. The largest absolute Gasteiger partial charge is 0.489 e. The quantitative estimate of drug-likeness (QED) is 0.198. The summed E-state index contributed by atoms with van der Waals surface area (Å²) in [5, 5.41) is 11.8. The highest BCUT2D eigenvalue weighted by atomic mass is 16.5. The van der Waals surface area contributed by atoms with Crippen molar-refractivity contribution in [1.82, 2.24) is 14.9 Å². The molecule has 3 rings (SSSR count). The van der Waals surface area contributed by atoms with Crippen molar-refractivity contribution in [2.75, 3.05) is 57.7 Å². The third-order valence-electron chi connectivity index (χ3n) is 5.20. The first-order valence-electron chi connectivity index (χ1n) is 11.7. The molecule has 0 fully saturated rings. The molecule has 0 aliphatic rings. The minimum atomic E-state index is -1.04. The molecular formula is C26H29N5O7. The lowest BCUT2D eigenvalue weighted by atomic mass is 10.1. The van der Waals surface area contributed by atoms with Gasteiger partial charge in [-0.2, -0.15) is 0 Å². The van der Waals surface area contributed by atoms with Gasteiger partial charge in [-0.05, 0) is 24.3 Å². The zero-order valence-corrected chi connectivity index (χ0v) is 20.8. The lowest BCUT2D eigenvalue weighted by Gasteiger charge is -2.13. The first-order valence-corrected chi connectivity index (χ1v) is 11.7. The number of nitrogens with zero attached hydrogens (tertiary/aromatic N) is 3. The first kappa shape index (κ1) is 28.0. The molecule has 2 aromatic carbocycles. The normalized spacial score (nSPS) is 10.6. The number of amides is 2. The monoisotopic (exact) mass is 523 g/mol. The molecule has 0 spiro atoms. The minimum Gasteiger partial charge on any atom is -0.489 e. The van der Waals surface area contributed by atoms with E-state index in [-0.39, 0.29) is 23.7 Å². The number of nitrogen functional groups attached to an aromatic ring is 1. The van der Waals surface area contributed by atoms with Crippen molar-refractivity contribution in [3.8, 4) is 17.0 Å². The molecular weight excluding hydrogens is 494 g/mol. The molecule has 200 valence electrons. The van der Waals surface area contributed by atoms with E-state index in [0.717, 1.165) is 6.41 Å². The van der Waals surface area contributed by atoms with Gasteiger partial charge < -0.3 is 35.3 Å². The number of carbonyl (C=O) groups excluding carboxylic acids is 2. The highest BCUT2D eigenvalue weighted by Crippen LogP contribution is 2.25. The maximum atomic E-state index is 13.0. The number of aromatic carboxylic acids is 1. The van der Waals surface area contributed by atoms with Crippen LogP contribution >= 0.6 is 0 Å². The number of hydrogen-bond acceptors (Lipinski definition) is 9. The van der Waals surface area contributed by atoms with E-state index in [2.05, 4.69) is 15.3 Å². The van der Waals surface area contributed by atoms with E-state index in [1.54, 1.807) is 43.4 Å². The highest BCUT2D eigenvalue weighted by Gasteiger charge is 2.17. The molecule has 0 atom stereocenters. The van der Waals surface area contributed by atoms with Gasteiger partial charge in [0.1, 0.15) is 12.4 Å². The number of carboxylic acid groups (broad SMARTS) is 1. The molecule has 0 aliphatic carbocycles. The van der Waals surface area contributed by atoms with Crippen LogP contribution < -0.4 is 15.8 Å². The van der Waals surface area contributed by atoms with Gasteiger partial charge in [-0.1, -0.05) is 24.3 Å². The predicted octanol–water partition coefficient (Wildman–Crippen LogP) is 2.18. The van der Waals surface area contributed by atoms with Crippen LogP contribution in [0.5, 0.6) is 5.75 Å². The van der Waals surface area contributed by atoms with Crippen LogP contribution in [0.1, 0.15) is 20.8 Å². The maximum Gasteiger partial charge on any atom is 0.335 e. The Hall–Kier alpha value is -4.55. The van der Waals surface area contributed by atoms with E-state index in [1.807, 2.05) is 0 Å².